The minimum absolute atomic E-state index is 0.0766. The second-order valence-corrected chi connectivity index (χ2v) is 4.46. The van der Waals surface area contributed by atoms with Crippen LogP contribution < -0.4 is 5.32 Å². The first-order valence-electron chi connectivity index (χ1n) is 6.01. The van der Waals surface area contributed by atoms with Crippen LogP contribution in [0.15, 0.2) is 0 Å². The monoisotopic (exact) mass is 260 g/mol. The van der Waals surface area contributed by atoms with Gasteiger partial charge in [-0.15, -0.1) is 0 Å². The second-order valence-electron chi connectivity index (χ2n) is 4.46. The van der Waals surface area contributed by atoms with Crippen LogP contribution in [0.3, 0.4) is 0 Å². The number of carboxylic acid groups (broad SMARTS) is 1. The molecule has 0 aliphatic carbocycles. The van der Waals surface area contributed by atoms with Gasteiger partial charge >= 0.3 is 12.0 Å². The third kappa shape index (κ3) is 4.89. The smallest absolute Gasteiger partial charge is 0.329 e. The normalized spacial score (nSPS) is 23.8. The van der Waals surface area contributed by atoms with E-state index in [1.54, 1.807) is 4.90 Å². The molecule has 0 bridgehead atoms. The highest BCUT2D eigenvalue weighted by atomic mass is 16.5. The lowest BCUT2D eigenvalue weighted by Gasteiger charge is -2.34. The SMILES string of the molecule is CC1CN(C(=O)NCCOCC(=O)O)CCC1O. The Morgan fingerprint density at radius 3 is 2.83 bits per heavy atom. The summed E-state index contributed by atoms with van der Waals surface area (Å²) in [5.74, 6) is -0.951. The predicted octanol–water partition coefficient (Wildman–Crippen LogP) is -0.500. The van der Waals surface area contributed by atoms with Gasteiger partial charge < -0.3 is 25.2 Å². The van der Waals surface area contributed by atoms with Crippen LogP contribution in [0.25, 0.3) is 0 Å². The molecule has 1 aliphatic rings. The Morgan fingerprint density at radius 1 is 1.50 bits per heavy atom. The van der Waals surface area contributed by atoms with Gasteiger partial charge in [0.1, 0.15) is 6.61 Å². The molecule has 1 aliphatic heterocycles. The lowest BCUT2D eigenvalue weighted by molar-refractivity contribution is -0.142. The maximum Gasteiger partial charge on any atom is 0.329 e. The summed E-state index contributed by atoms with van der Waals surface area (Å²) in [5, 5.41) is 20.5. The van der Waals surface area contributed by atoms with Gasteiger partial charge in [-0.05, 0) is 12.3 Å². The number of carbonyl (C=O) groups is 2. The number of carboxylic acids is 1. The number of aliphatic hydroxyl groups is 1. The molecule has 104 valence electrons. The number of ether oxygens (including phenoxy) is 1. The molecule has 0 aromatic carbocycles. The number of likely N-dealkylation sites (tertiary alicyclic amines) is 1. The highest BCUT2D eigenvalue weighted by Crippen LogP contribution is 2.16. The van der Waals surface area contributed by atoms with E-state index < -0.39 is 5.97 Å². The Hall–Kier alpha value is -1.34. The quantitative estimate of drug-likeness (QED) is 0.579. The van der Waals surface area contributed by atoms with Gasteiger partial charge in [-0.25, -0.2) is 9.59 Å². The van der Waals surface area contributed by atoms with Gasteiger partial charge in [0, 0.05) is 19.6 Å². The van der Waals surface area contributed by atoms with E-state index in [2.05, 4.69) is 5.32 Å². The molecule has 7 nitrogen and oxygen atoms in total. The van der Waals surface area contributed by atoms with Crippen molar-refractivity contribution >= 4 is 12.0 Å². The van der Waals surface area contributed by atoms with E-state index in [-0.39, 0.29) is 37.8 Å². The summed E-state index contributed by atoms with van der Waals surface area (Å²) in [6, 6.07) is -0.201. The molecule has 1 rings (SSSR count). The zero-order valence-corrected chi connectivity index (χ0v) is 10.5. The third-order valence-electron chi connectivity index (χ3n) is 2.90. The summed E-state index contributed by atoms with van der Waals surface area (Å²) < 4.78 is 4.80. The Kier molecular flexibility index (Phi) is 5.87. The number of rotatable bonds is 5. The number of urea groups is 1. The van der Waals surface area contributed by atoms with Gasteiger partial charge in [0.15, 0.2) is 0 Å². The van der Waals surface area contributed by atoms with E-state index >= 15 is 0 Å². The molecule has 2 amide bonds. The molecule has 0 aromatic rings. The molecular weight excluding hydrogens is 240 g/mol. The van der Waals surface area contributed by atoms with Crippen LogP contribution in [0.4, 0.5) is 4.79 Å². The maximum absolute atomic E-state index is 11.7. The highest BCUT2D eigenvalue weighted by Gasteiger charge is 2.26. The minimum atomic E-state index is -1.03. The molecule has 1 fully saturated rings. The van der Waals surface area contributed by atoms with E-state index in [9.17, 15) is 14.7 Å². The zero-order valence-electron chi connectivity index (χ0n) is 10.5. The molecule has 2 atom stereocenters. The number of aliphatic hydroxyl groups excluding tert-OH is 1. The molecule has 2 unspecified atom stereocenters. The number of nitrogens with zero attached hydrogens (tertiary/aromatic N) is 1. The third-order valence-corrected chi connectivity index (χ3v) is 2.90. The van der Waals surface area contributed by atoms with Gasteiger partial charge in [0.25, 0.3) is 0 Å². The lowest BCUT2D eigenvalue weighted by atomic mass is 9.97. The van der Waals surface area contributed by atoms with Gasteiger partial charge in [0.05, 0.1) is 12.7 Å². The van der Waals surface area contributed by atoms with E-state index in [0.29, 0.717) is 19.5 Å². The molecule has 18 heavy (non-hydrogen) atoms. The van der Waals surface area contributed by atoms with Crippen molar-refractivity contribution in [2.75, 3.05) is 32.8 Å². The number of nitrogens with one attached hydrogen (secondary N) is 1. The number of hydrogen-bond acceptors (Lipinski definition) is 4. The fourth-order valence-electron chi connectivity index (χ4n) is 1.82. The summed E-state index contributed by atoms with van der Waals surface area (Å²) in [5.41, 5.74) is 0. The molecule has 0 saturated carbocycles. The number of piperidine rings is 1. The molecule has 1 heterocycles. The second kappa shape index (κ2) is 7.17. The molecule has 7 heteroatoms. The van der Waals surface area contributed by atoms with Crippen LogP contribution >= 0.6 is 0 Å². The first-order valence-corrected chi connectivity index (χ1v) is 6.01. The predicted molar refractivity (Wildman–Crippen MR) is 63.2 cm³/mol. The van der Waals surface area contributed by atoms with Crippen LogP contribution in [0.5, 0.6) is 0 Å². The van der Waals surface area contributed by atoms with Crippen LogP contribution in [0.2, 0.25) is 0 Å². The van der Waals surface area contributed by atoms with Crippen molar-refractivity contribution in [3.63, 3.8) is 0 Å². The van der Waals surface area contributed by atoms with Crippen LogP contribution in [0, 0.1) is 5.92 Å². The summed E-state index contributed by atoms with van der Waals surface area (Å²) in [6.07, 6.45) is 0.248. The first kappa shape index (κ1) is 14.7. The van der Waals surface area contributed by atoms with Gasteiger partial charge in [-0.1, -0.05) is 6.92 Å². The van der Waals surface area contributed by atoms with E-state index in [0.717, 1.165) is 0 Å². The summed E-state index contributed by atoms with van der Waals surface area (Å²) in [4.78, 5) is 23.5. The maximum atomic E-state index is 11.7. The molecule has 0 spiro atoms. The van der Waals surface area contributed by atoms with E-state index in [4.69, 9.17) is 9.84 Å². The number of hydrogen-bond donors (Lipinski definition) is 3. The van der Waals surface area contributed by atoms with E-state index in [1.165, 1.54) is 0 Å². The fraction of sp³-hybridized carbons (Fsp3) is 0.818. The molecule has 0 radical (unpaired) electrons. The average Bonchev–Trinajstić information content (AvgIpc) is 2.31. The Morgan fingerprint density at radius 2 is 2.22 bits per heavy atom. The van der Waals surface area contributed by atoms with Crippen LogP contribution in [0.1, 0.15) is 13.3 Å². The number of carbonyl (C=O) groups excluding carboxylic acids is 1. The van der Waals surface area contributed by atoms with Crippen molar-refractivity contribution < 1.29 is 24.5 Å². The highest BCUT2D eigenvalue weighted by molar-refractivity contribution is 5.74. The lowest BCUT2D eigenvalue weighted by Crippen LogP contribution is -2.49. The summed E-state index contributed by atoms with van der Waals surface area (Å²) in [7, 11) is 0. The summed E-state index contributed by atoms with van der Waals surface area (Å²) >= 11 is 0. The van der Waals surface area contributed by atoms with Gasteiger partial charge in [0.2, 0.25) is 0 Å². The van der Waals surface area contributed by atoms with Crippen molar-refractivity contribution in [1.82, 2.24) is 10.2 Å². The van der Waals surface area contributed by atoms with Crippen molar-refractivity contribution in [3.05, 3.63) is 0 Å². The zero-order chi connectivity index (χ0) is 13.5. The number of amides is 2. The molecule has 0 aromatic heterocycles. The first-order chi connectivity index (χ1) is 8.50. The largest absolute Gasteiger partial charge is 0.480 e. The number of aliphatic carboxylic acids is 1. The standard InChI is InChI=1S/C11H20N2O5/c1-8-6-13(4-2-9(8)14)11(17)12-3-5-18-7-10(15)16/h8-9,14H,2-7H2,1H3,(H,12,17)(H,15,16). The topological polar surface area (TPSA) is 99.1 Å². The fourth-order valence-corrected chi connectivity index (χ4v) is 1.82. The summed E-state index contributed by atoms with van der Waals surface area (Å²) in [6.45, 7) is 3.06. The van der Waals surface area contributed by atoms with Crippen molar-refractivity contribution in [2.45, 2.75) is 19.4 Å². The van der Waals surface area contributed by atoms with Crippen molar-refractivity contribution in [1.29, 1.82) is 0 Å². The van der Waals surface area contributed by atoms with Crippen molar-refractivity contribution in [2.24, 2.45) is 5.92 Å². The Bertz CT molecular complexity index is 297. The van der Waals surface area contributed by atoms with Crippen LogP contribution in [-0.4, -0.2) is 66.1 Å². The van der Waals surface area contributed by atoms with Gasteiger partial charge in [-0.3, -0.25) is 0 Å². The van der Waals surface area contributed by atoms with Crippen LogP contribution in [-0.2, 0) is 9.53 Å². The van der Waals surface area contributed by atoms with Gasteiger partial charge in [-0.2, -0.15) is 0 Å². The van der Waals surface area contributed by atoms with Crippen molar-refractivity contribution in [3.8, 4) is 0 Å². The Labute approximate surface area is 106 Å². The van der Waals surface area contributed by atoms with E-state index in [1.807, 2.05) is 6.92 Å². The Balaban J connectivity index is 2.15. The molecular formula is C11H20N2O5. The average molecular weight is 260 g/mol. The minimum Gasteiger partial charge on any atom is -0.480 e. The molecule has 1 saturated heterocycles. The molecule has 3 N–H and O–H groups in total.